The van der Waals surface area contributed by atoms with Crippen LogP contribution in [0, 0.1) is 0 Å². The summed E-state index contributed by atoms with van der Waals surface area (Å²) in [6.45, 7) is 2.34. The van der Waals surface area contributed by atoms with Crippen LogP contribution in [-0.4, -0.2) is 21.2 Å². The monoisotopic (exact) mass is 331 g/mol. The number of nitrogens with zero attached hydrogens (tertiary/aromatic N) is 3. The third-order valence-electron chi connectivity index (χ3n) is 3.17. The van der Waals surface area contributed by atoms with Crippen LogP contribution in [0.2, 0.25) is 0 Å². The van der Waals surface area contributed by atoms with E-state index in [1.54, 1.807) is 0 Å². The first-order valence-corrected chi connectivity index (χ1v) is 8.28. The number of hydrogen-bond donors (Lipinski definition) is 2. The molecule has 0 bridgehead atoms. The van der Waals surface area contributed by atoms with Gasteiger partial charge in [0.05, 0.1) is 6.54 Å². The summed E-state index contributed by atoms with van der Waals surface area (Å²) in [5, 5.41) is 14.8. The van der Waals surface area contributed by atoms with Gasteiger partial charge in [-0.05, 0) is 18.6 Å². The zero-order valence-electron chi connectivity index (χ0n) is 12.7. The number of carbonyl (C=O) groups excluding carboxylic acids is 1. The predicted molar refractivity (Wildman–Crippen MR) is 88.4 cm³/mol. The van der Waals surface area contributed by atoms with Crippen molar-refractivity contribution >= 4 is 33.6 Å². The zero-order chi connectivity index (χ0) is 16.1. The number of rotatable bonds is 6. The van der Waals surface area contributed by atoms with Crippen LogP contribution in [-0.2, 0) is 13.0 Å². The van der Waals surface area contributed by atoms with E-state index in [1.807, 2.05) is 24.3 Å². The summed E-state index contributed by atoms with van der Waals surface area (Å²) in [5.41, 5.74) is 1.48. The smallest absolute Gasteiger partial charge is 0.321 e. The second kappa shape index (κ2) is 7.19. The van der Waals surface area contributed by atoms with Crippen LogP contribution in [0.15, 0.2) is 28.7 Å². The molecule has 1 aromatic carbocycles. The van der Waals surface area contributed by atoms with Gasteiger partial charge in [-0.15, -0.1) is 10.2 Å². The van der Waals surface area contributed by atoms with E-state index in [9.17, 15) is 4.79 Å². The molecule has 0 atom stereocenters. The van der Waals surface area contributed by atoms with Gasteiger partial charge >= 0.3 is 6.03 Å². The van der Waals surface area contributed by atoms with Gasteiger partial charge in [-0.3, -0.25) is 5.32 Å². The van der Waals surface area contributed by atoms with Crippen molar-refractivity contribution < 1.29 is 9.21 Å². The molecule has 0 unspecified atom stereocenters. The van der Waals surface area contributed by atoms with E-state index in [2.05, 4.69) is 32.7 Å². The summed E-state index contributed by atoms with van der Waals surface area (Å²) in [6.07, 6.45) is 3.06. The van der Waals surface area contributed by atoms with E-state index in [4.69, 9.17) is 4.42 Å². The topological polar surface area (TPSA) is 92.9 Å². The van der Waals surface area contributed by atoms with Gasteiger partial charge in [-0.2, -0.15) is 0 Å². The minimum atomic E-state index is -0.356. The number of nitrogens with one attached hydrogen (secondary N) is 2. The Hall–Kier alpha value is -2.48. The molecule has 2 N–H and O–H groups in total. The molecule has 120 valence electrons. The normalized spacial score (nSPS) is 10.8. The van der Waals surface area contributed by atoms with Crippen LogP contribution >= 0.6 is 11.3 Å². The molecule has 3 aromatic rings. The number of para-hydroxylation sites is 2. The van der Waals surface area contributed by atoms with Crippen molar-refractivity contribution in [1.82, 2.24) is 20.5 Å². The number of urea groups is 1. The Labute approximate surface area is 137 Å². The molecular weight excluding hydrogens is 314 g/mol. The molecule has 0 aliphatic carbocycles. The Balaban J connectivity index is 1.52. The minimum absolute atomic E-state index is 0.210. The first kappa shape index (κ1) is 15.4. The summed E-state index contributed by atoms with van der Waals surface area (Å²) < 4.78 is 5.54. The maximum absolute atomic E-state index is 11.9. The lowest BCUT2D eigenvalue weighted by Gasteiger charge is -2.01. The highest BCUT2D eigenvalue weighted by Gasteiger charge is 2.10. The Morgan fingerprint density at radius 2 is 2.17 bits per heavy atom. The maximum Gasteiger partial charge on any atom is 0.321 e. The van der Waals surface area contributed by atoms with Gasteiger partial charge in [-0.25, -0.2) is 9.78 Å². The first-order valence-electron chi connectivity index (χ1n) is 7.46. The fraction of sp³-hybridized carbons (Fsp3) is 0.333. The van der Waals surface area contributed by atoms with E-state index in [0.717, 1.165) is 29.8 Å². The van der Waals surface area contributed by atoms with Crippen molar-refractivity contribution in [2.24, 2.45) is 0 Å². The van der Waals surface area contributed by atoms with Crippen LogP contribution < -0.4 is 10.6 Å². The SMILES string of the molecule is CCCCc1nnc(NC(=O)NCc2nc3ccccc3o2)s1. The van der Waals surface area contributed by atoms with Crippen LogP contribution in [0.1, 0.15) is 30.7 Å². The average Bonchev–Trinajstić information content (AvgIpc) is 3.17. The van der Waals surface area contributed by atoms with E-state index >= 15 is 0 Å². The van der Waals surface area contributed by atoms with Crippen LogP contribution in [0.25, 0.3) is 11.1 Å². The van der Waals surface area contributed by atoms with Crippen LogP contribution in [0.4, 0.5) is 9.93 Å². The van der Waals surface area contributed by atoms with Crippen molar-refractivity contribution in [1.29, 1.82) is 0 Å². The largest absolute Gasteiger partial charge is 0.439 e. The lowest BCUT2D eigenvalue weighted by atomic mass is 10.3. The van der Waals surface area contributed by atoms with Crippen LogP contribution in [0.5, 0.6) is 0 Å². The molecule has 0 fully saturated rings. The number of amides is 2. The molecule has 23 heavy (non-hydrogen) atoms. The molecule has 7 nitrogen and oxygen atoms in total. The molecule has 0 aliphatic rings. The van der Waals surface area contributed by atoms with Gasteiger partial charge in [0, 0.05) is 6.42 Å². The number of oxazole rings is 1. The van der Waals surface area contributed by atoms with E-state index in [-0.39, 0.29) is 12.6 Å². The van der Waals surface area contributed by atoms with Gasteiger partial charge in [0.1, 0.15) is 10.5 Å². The third kappa shape index (κ3) is 4.04. The van der Waals surface area contributed by atoms with Gasteiger partial charge < -0.3 is 9.73 Å². The number of fused-ring (bicyclic) bond motifs is 1. The number of hydrogen-bond acceptors (Lipinski definition) is 6. The molecule has 2 amide bonds. The number of unbranched alkanes of at least 4 members (excludes halogenated alkanes) is 1. The average molecular weight is 331 g/mol. The minimum Gasteiger partial charge on any atom is -0.439 e. The molecule has 0 saturated carbocycles. The van der Waals surface area contributed by atoms with E-state index in [0.29, 0.717) is 16.6 Å². The standard InChI is InChI=1S/C15H17N5O2S/c1-2-3-8-13-19-20-15(23-13)18-14(21)16-9-12-17-10-6-4-5-7-11(10)22-12/h4-7H,2-3,8-9H2,1H3,(H2,16,18,20,21). The van der Waals surface area contributed by atoms with Gasteiger partial charge in [0.2, 0.25) is 11.0 Å². The molecule has 2 heterocycles. The molecule has 2 aromatic heterocycles. The van der Waals surface area contributed by atoms with Crippen molar-refractivity contribution in [2.45, 2.75) is 32.7 Å². The highest BCUT2D eigenvalue weighted by molar-refractivity contribution is 7.15. The Morgan fingerprint density at radius 1 is 1.30 bits per heavy atom. The molecule has 0 radical (unpaired) electrons. The number of aromatic nitrogens is 3. The second-order valence-electron chi connectivity index (χ2n) is 4.99. The quantitative estimate of drug-likeness (QED) is 0.722. The summed E-state index contributed by atoms with van der Waals surface area (Å²) in [4.78, 5) is 16.2. The first-order chi connectivity index (χ1) is 11.2. The highest BCUT2D eigenvalue weighted by Crippen LogP contribution is 2.17. The number of aryl methyl sites for hydroxylation is 1. The van der Waals surface area contributed by atoms with E-state index < -0.39 is 0 Å². The molecule has 8 heteroatoms. The Bertz CT molecular complexity index is 765. The number of benzene rings is 1. The maximum atomic E-state index is 11.9. The molecule has 0 aliphatic heterocycles. The summed E-state index contributed by atoms with van der Waals surface area (Å²) >= 11 is 1.39. The Kier molecular flexibility index (Phi) is 4.82. The van der Waals surface area contributed by atoms with Crippen LogP contribution in [0.3, 0.4) is 0 Å². The van der Waals surface area contributed by atoms with Gasteiger partial charge in [0.15, 0.2) is 5.58 Å². The van der Waals surface area contributed by atoms with Crippen molar-refractivity contribution in [2.75, 3.05) is 5.32 Å². The zero-order valence-corrected chi connectivity index (χ0v) is 13.5. The fourth-order valence-corrected chi connectivity index (χ4v) is 2.80. The van der Waals surface area contributed by atoms with Crippen molar-refractivity contribution in [3.63, 3.8) is 0 Å². The number of carbonyl (C=O) groups is 1. The van der Waals surface area contributed by atoms with Gasteiger partial charge in [-0.1, -0.05) is 36.8 Å². The molecular formula is C15H17N5O2S. The Morgan fingerprint density at radius 3 is 3.00 bits per heavy atom. The van der Waals surface area contributed by atoms with Crippen molar-refractivity contribution in [3.8, 4) is 0 Å². The summed E-state index contributed by atoms with van der Waals surface area (Å²) in [5.74, 6) is 0.460. The molecule has 0 spiro atoms. The van der Waals surface area contributed by atoms with E-state index in [1.165, 1.54) is 11.3 Å². The summed E-state index contributed by atoms with van der Waals surface area (Å²) in [6, 6.07) is 7.11. The lowest BCUT2D eigenvalue weighted by Crippen LogP contribution is -2.28. The highest BCUT2D eigenvalue weighted by atomic mass is 32.1. The summed E-state index contributed by atoms with van der Waals surface area (Å²) in [7, 11) is 0. The van der Waals surface area contributed by atoms with Gasteiger partial charge in [0.25, 0.3) is 0 Å². The number of anilines is 1. The lowest BCUT2D eigenvalue weighted by molar-refractivity contribution is 0.250. The fourth-order valence-electron chi connectivity index (χ4n) is 2.03. The predicted octanol–water partition coefficient (Wildman–Crippen LogP) is 3.34. The third-order valence-corrected chi connectivity index (χ3v) is 4.07. The second-order valence-corrected chi connectivity index (χ2v) is 6.05. The molecule has 3 rings (SSSR count). The molecule has 0 saturated heterocycles. The van der Waals surface area contributed by atoms with Crippen molar-refractivity contribution in [3.05, 3.63) is 35.2 Å².